The smallest absolute Gasteiger partial charge is 0.321 e. The number of sulfonamides is 1. The number of amides is 2. The van der Waals surface area contributed by atoms with Gasteiger partial charge in [0.05, 0.1) is 17.6 Å². The van der Waals surface area contributed by atoms with Gasteiger partial charge in [0, 0.05) is 44.7 Å². The first-order valence-electron chi connectivity index (χ1n) is 10.4. The highest BCUT2D eigenvalue weighted by Crippen LogP contribution is 2.23. The number of likely N-dealkylation sites (tertiary alicyclic amines) is 1. The second-order valence-corrected chi connectivity index (χ2v) is 9.99. The number of urea groups is 1. The monoisotopic (exact) mass is 446 g/mol. The molecule has 1 fully saturated rings. The van der Waals surface area contributed by atoms with Gasteiger partial charge in [-0.05, 0) is 44.0 Å². The van der Waals surface area contributed by atoms with Crippen LogP contribution in [0.1, 0.15) is 30.9 Å². The average Bonchev–Trinajstić information content (AvgIpc) is 2.77. The zero-order valence-electron chi connectivity index (χ0n) is 18.5. The minimum Gasteiger partial charge on any atom is -0.474 e. The van der Waals surface area contributed by atoms with Crippen molar-refractivity contribution in [3.05, 3.63) is 47.7 Å². The van der Waals surface area contributed by atoms with E-state index in [1.54, 1.807) is 24.0 Å². The van der Waals surface area contributed by atoms with Crippen molar-refractivity contribution in [3.8, 4) is 5.88 Å². The maximum atomic E-state index is 12.6. The van der Waals surface area contributed by atoms with Gasteiger partial charge in [0.1, 0.15) is 6.10 Å². The van der Waals surface area contributed by atoms with Gasteiger partial charge in [-0.15, -0.1) is 0 Å². The molecule has 0 aliphatic carbocycles. The number of piperidine rings is 1. The van der Waals surface area contributed by atoms with E-state index in [0.29, 0.717) is 37.5 Å². The van der Waals surface area contributed by atoms with Crippen LogP contribution < -0.4 is 14.4 Å². The van der Waals surface area contributed by atoms with E-state index >= 15 is 0 Å². The topological polar surface area (TPSA) is 91.8 Å². The molecular weight excluding hydrogens is 416 g/mol. The number of rotatable bonds is 6. The first kappa shape index (κ1) is 22.9. The Kier molecular flexibility index (Phi) is 7.04. The van der Waals surface area contributed by atoms with Crippen molar-refractivity contribution in [2.45, 2.75) is 39.7 Å². The molecule has 0 spiro atoms. The molecule has 8 nitrogen and oxygen atoms in total. The molecule has 9 heteroatoms. The minimum absolute atomic E-state index is 0.0251. The molecule has 1 saturated heterocycles. The lowest BCUT2D eigenvalue weighted by Gasteiger charge is -2.32. The third-order valence-corrected chi connectivity index (χ3v) is 7.50. The number of benzene rings is 1. The van der Waals surface area contributed by atoms with Crippen LogP contribution >= 0.6 is 0 Å². The van der Waals surface area contributed by atoms with Crippen molar-refractivity contribution in [2.75, 3.05) is 35.5 Å². The molecule has 2 amide bonds. The summed E-state index contributed by atoms with van der Waals surface area (Å²) in [5.41, 5.74) is 3.54. The number of aromatic nitrogens is 1. The van der Waals surface area contributed by atoms with E-state index in [0.717, 1.165) is 16.8 Å². The van der Waals surface area contributed by atoms with Crippen LogP contribution in [-0.2, 0) is 10.0 Å². The van der Waals surface area contributed by atoms with Crippen LogP contribution in [0.3, 0.4) is 0 Å². The summed E-state index contributed by atoms with van der Waals surface area (Å²) in [5, 5.41) is 3.00. The Balaban J connectivity index is 1.52. The SMILES string of the molecule is CCS(=O)(=O)N(C)c1ccc(OC2CCN(C(=O)Nc3cccc(C)c3C)CC2)nc1. The average molecular weight is 447 g/mol. The van der Waals surface area contributed by atoms with Crippen LogP contribution in [0.25, 0.3) is 0 Å². The van der Waals surface area contributed by atoms with Gasteiger partial charge in [0.15, 0.2) is 0 Å². The highest BCUT2D eigenvalue weighted by atomic mass is 32.2. The van der Waals surface area contributed by atoms with Crippen molar-refractivity contribution in [2.24, 2.45) is 0 Å². The Bertz CT molecular complexity index is 1020. The molecule has 168 valence electrons. The van der Waals surface area contributed by atoms with Crippen LogP contribution in [-0.4, -0.2) is 56.3 Å². The van der Waals surface area contributed by atoms with Gasteiger partial charge in [-0.1, -0.05) is 12.1 Å². The number of hydrogen-bond donors (Lipinski definition) is 1. The van der Waals surface area contributed by atoms with Crippen LogP contribution in [0.4, 0.5) is 16.2 Å². The first-order chi connectivity index (χ1) is 14.7. The summed E-state index contributed by atoms with van der Waals surface area (Å²) >= 11 is 0. The van der Waals surface area contributed by atoms with Crippen LogP contribution in [0.5, 0.6) is 5.88 Å². The van der Waals surface area contributed by atoms with Crippen molar-refractivity contribution < 1.29 is 17.9 Å². The molecule has 31 heavy (non-hydrogen) atoms. The van der Waals surface area contributed by atoms with Crippen molar-refractivity contribution in [3.63, 3.8) is 0 Å². The Hall–Kier alpha value is -2.81. The molecule has 0 atom stereocenters. The van der Waals surface area contributed by atoms with E-state index in [1.807, 2.05) is 32.0 Å². The van der Waals surface area contributed by atoms with Gasteiger partial charge in [-0.2, -0.15) is 0 Å². The number of anilines is 2. The van der Waals surface area contributed by atoms with E-state index in [2.05, 4.69) is 10.3 Å². The molecule has 0 radical (unpaired) electrons. The standard InChI is InChI=1S/C22H30N4O4S/c1-5-31(28,29)25(4)18-9-10-21(23-15-18)30-19-11-13-26(14-12-19)22(27)24-20-8-6-7-16(2)17(20)3/h6-10,15,19H,5,11-14H2,1-4H3,(H,24,27). The Morgan fingerprint density at radius 2 is 1.94 bits per heavy atom. The number of ether oxygens (including phenoxy) is 1. The second-order valence-electron chi connectivity index (χ2n) is 7.70. The van der Waals surface area contributed by atoms with Gasteiger partial charge in [0.25, 0.3) is 0 Å². The quantitative estimate of drug-likeness (QED) is 0.733. The number of nitrogens with zero attached hydrogens (tertiary/aromatic N) is 3. The van der Waals surface area contributed by atoms with Gasteiger partial charge >= 0.3 is 6.03 Å². The number of hydrogen-bond acceptors (Lipinski definition) is 5. The lowest BCUT2D eigenvalue weighted by Crippen LogP contribution is -2.43. The lowest BCUT2D eigenvalue weighted by atomic mass is 10.1. The molecule has 0 bridgehead atoms. The Labute approximate surface area is 184 Å². The summed E-state index contributed by atoms with van der Waals surface area (Å²) in [6.45, 7) is 6.81. The van der Waals surface area contributed by atoms with E-state index < -0.39 is 10.0 Å². The Morgan fingerprint density at radius 3 is 2.55 bits per heavy atom. The zero-order valence-corrected chi connectivity index (χ0v) is 19.3. The van der Waals surface area contributed by atoms with Crippen LogP contribution in [0.2, 0.25) is 0 Å². The van der Waals surface area contributed by atoms with Crippen molar-refractivity contribution >= 4 is 27.4 Å². The summed E-state index contributed by atoms with van der Waals surface area (Å²) in [6, 6.07) is 9.13. The lowest BCUT2D eigenvalue weighted by molar-refractivity contribution is 0.111. The molecule has 2 aromatic rings. The van der Waals surface area contributed by atoms with Gasteiger partial charge in [-0.25, -0.2) is 18.2 Å². The van der Waals surface area contributed by atoms with Crippen LogP contribution in [0, 0.1) is 13.8 Å². The molecular formula is C22H30N4O4S. The molecule has 0 unspecified atom stereocenters. The first-order valence-corrected chi connectivity index (χ1v) is 12.0. The van der Waals surface area contributed by atoms with Crippen molar-refractivity contribution in [1.29, 1.82) is 0 Å². The maximum Gasteiger partial charge on any atom is 0.321 e. The summed E-state index contributed by atoms with van der Waals surface area (Å²) in [6.07, 6.45) is 2.86. The molecule has 1 aromatic carbocycles. The van der Waals surface area contributed by atoms with Gasteiger partial charge < -0.3 is 15.0 Å². The fraction of sp³-hybridized carbons (Fsp3) is 0.455. The zero-order chi connectivity index (χ0) is 22.6. The number of carbonyl (C=O) groups excluding carboxylic acids is 1. The molecule has 1 N–H and O–H groups in total. The number of aryl methyl sites for hydroxylation is 1. The third-order valence-electron chi connectivity index (χ3n) is 5.73. The predicted molar refractivity (Wildman–Crippen MR) is 122 cm³/mol. The molecule has 1 aliphatic heterocycles. The summed E-state index contributed by atoms with van der Waals surface area (Å²) < 4.78 is 31.1. The molecule has 0 saturated carbocycles. The minimum atomic E-state index is -3.32. The summed E-state index contributed by atoms with van der Waals surface area (Å²) in [7, 11) is -1.82. The molecule has 1 aliphatic rings. The van der Waals surface area contributed by atoms with Gasteiger partial charge in [-0.3, -0.25) is 4.31 Å². The molecule has 1 aromatic heterocycles. The predicted octanol–water partition coefficient (Wildman–Crippen LogP) is 3.56. The highest BCUT2D eigenvalue weighted by molar-refractivity contribution is 7.92. The number of carbonyl (C=O) groups is 1. The molecule has 2 heterocycles. The maximum absolute atomic E-state index is 12.6. The largest absolute Gasteiger partial charge is 0.474 e. The van der Waals surface area contributed by atoms with E-state index in [9.17, 15) is 13.2 Å². The van der Waals surface area contributed by atoms with Crippen LogP contribution in [0.15, 0.2) is 36.5 Å². The third kappa shape index (κ3) is 5.46. The van der Waals surface area contributed by atoms with E-state index in [4.69, 9.17) is 4.74 Å². The highest BCUT2D eigenvalue weighted by Gasteiger charge is 2.25. The normalized spacial score (nSPS) is 14.9. The fourth-order valence-corrected chi connectivity index (χ4v) is 4.23. The second kappa shape index (κ2) is 9.55. The Morgan fingerprint density at radius 1 is 1.23 bits per heavy atom. The number of nitrogens with one attached hydrogen (secondary N) is 1. The van der Waals surface area contributed by atoms with E-state index in [-0.39, 0.29) is 17.9 Å². The number of pyridine rings is 1. The summed E-state index contributed by atoms with van der Waals surface area (Å²) in [4.78, 5) is 18.7. The molecule has 3 rings (SSSR count). The van der Waals surface area contributed by atoms with Gasteiger partial charge in [0.2, 0.25) is 15.9 Å². The summed E-state index contributed by atoms with van der Waals surface area (Å²) in [5.74, 6) is 0.474. The van der Waals surface area contributed by atoms with Crippen molar-refractivity contribution in [1.82, 2.24) is 9.88 Å². The van der Waals surface area contributed by atoms with E-state index in [1.165, 1.54) is 17.5 Å². The fourth-order valence-electron chi connectivity index (χ4n) is 3.41.